The van der Waals surface area contributed by atoms with Gasteiger partial charge in [-0.15, -0.1) is 0 Å². The van der Waals surface area contributed by atoms with Crippen molar-refractivity contribution in [3.05, 3.63) is 72.6 Å². The van der Waals surface area contributed by atoms with E-state index in [1.807, 2.05) is 30.3 Å². The van der Waals surface area contributed by atoms with Crippen molar-refractivity contribution in [3.63, 3.8) is 0 Å². The number of benzene rings is 1. The van der Waals surface area contributed by atoms with Crippen LogP contribution in [0.15, 0.2) is 66.4 Å². The Balaban J connectivity index is 1.73. The monoisotopic (exact) mass is 473 g/mol. The Kier molecular flexibility index (Phi) is 7.20. The normalized spacial score (nSPS) is 16.0. The number of pyridine rings is 1. The quantitative estimate of drug-likeness (QED) is 0.169. The van der Waals surface area contributed by atoms with Crippen LogP contribution in [0, 0.1) is 0 Å². The van der Waals surface area contributed by atoms with Gasteiger partial charge in [-0.3, -0.25) is 14.3 Å². The second-order valence-electron chi connectivity index (χ2n) is 7.98. The molecular weight excluding hydrogens is 446 g/mol. The zero-order chi connectivity index (χ0) is 24.8. The third-order valence-corrected chi connectivity index (χ3v) is 5.75. The molecule has 1 unspecified atom stereocenters. The fraction of sp³-hybridized carbons (Fsp3) is 0.240. The maximum atomic E-state index is 12.2. The topological polar surface area (TPSA) is 128 Å². The average molecular weight is 474 g/mol. The Bertz CT molecular complexity index is 1240. The van der Waals surface area contributed by atoms with Crippen LogP contribution in [0.3, 0.4) is 0 Å². The minimum atomic E-state index is -0.198. The van der Waals surface area contributed by atoms with E-state index in [0.29, 0.717) is 47.2 Å². The van der Waals surface area contributed by atoms with Crippen molar-refractivity contribution < 1.29 is 14.3 Å². The Morgan fingerprint density at radius 2 is 2.09 bits per heavy atom. The Morgan fingerprint density at radius 3 is 2.74 bits per heavy atom. The molecule has 1 amide bonds. The summed E-state index contributed by atoms with van der Waals surface area (Å²) in [4.78, 5) is 30.5. The number of carbonyl (C=O) groups excluding carboxylic acids is 2. The van der Waals surface area contributed by atoms with Gasteiger partial charge in [0.2, 0.25) is 11.8 Å². The number of likely N-dealkylation sites (tertiary alicyclic amines) is 1. The standard InChI is InChI=1S/C25H27N7O3/c1-3-22(34)31-13-7-8-18(15-31)32-20(16-33)23(25(26)29-27-2)24(30-32)17-11-12-21(28-14-17)35-19-9-5-4-6-10-19/h3-6,9-12,14,16,18,27H,1,7-8,13,15H2,2H3,(H2,26,29). The van der Waals surface area contributed by atoms with Crippen LogP contribution in [-0.4, -0.2) is 57.8 Å². The summed E-state index contributed by atoms with van der Waals surface area (Å²) >= 11 is 0. The van der Waals surface area contributed by atoms with Crippen molar-refractivity contribution in [3.8, 4) is 22.9 Å². The Hall–Kier alpha value is -4.47. The zero-order valence-electron chi connectivity index (χ0n) is 19.4. The molecule has 180 valence electrons. The molecule has 0 saturated carbocycles. The first-order valence-corrected chi connectivity index (χ1v) is 11.2. The van der Waals surface area contributed by atoms with Crippen LogP contribution in [0.1, 0.15) is 34.9 Å². The smallest absolute Gasteiger partial charge is 0.246 e. The SMILES string of the molecule is C=CC(=O)N1CCCC(n2nc(-c3ccc(Oc4ccccc4)nc3)c(/C(N)=N\NC)c2C=O)C1. The first-order chi connectivity index (χ1) is 17.0. The number of nitrogens with zero attached hydrogens (tertiary/aromatic N) is 5. The van der Waals surface area contributed by atoms with Gasteiger partial charge in [-0.1, -0.05) is 24.8 Å². The minimum absolute atomic E-state index is 0.121. The maximum Gasteiger partial charge on any atom is 0.246 e. The van der Waals surface area contributed by atoms with Crippen molar-refractivity contribution in [1.82, 2.24) is 25.1 Å². The van der Waals surface area contributed by atoms with Gasteiger partial charge in [-0.2, -0.15) is 10.2 Å². The van der Waals surface area contributed by atoms with Gasteiger partial charge in [0, 0.05) is 38.0 Å². The number of aldehydes is 1. The molecule has 1 fully saturated rings. The minimum Gasteiger partial charge on any atom is -0.439 e. The molecule has 3 aromatic rings. The molecule has 3 heterocycles. The van der Waals surface area contributed by atoms with Crippen LogP contribution in [0.25, 0.3) is 11.3 Å². The second-order valence-corrected chi connectivity index (χ2v) is 7.98. The van der Waals surface area contributed by atoms with Crippen molar-refractivity contribution in [2.24, 2.45) is 10.8 Å². The van der Waals surface area contributed by atoms with E-state index in [4.69, 9.17) is 15.6 Å². The fourth-order valence-corrected chi connectivity index (χ4v) is 4.14. The molecule has 1 aliphatic rings. The van der Waals surface area contributed by atoms with E-state index in [0.717, 1.165) is 19.1 Å². The number of hydrogen-bond donors (Lipinski definition) is 2. The highest BCUT2D eigenvalue weighted by atomic mass is 16.5. The van der Waals surface area contributed by atoms with Crippen LogP contribution < -0.4 is 15.9 Å². The molecule has 4 rings (SSSR count). The first kappa shape index (κ1) is 23.7. The fourth-order valence-electron chi connectivity index (χ4n) is 4.14. The van der Waals surface area contributed by atoms with E-state index in [-0.39, 0.29) is 17.8 Å². The summed E-state index contributed by atoms with van der Waals surface area (Å²) in [6, 6.07) is 12.7. The van der Waals surface area contributed by atoms with Crippen molar-refractivity contribution >= 4 is 18.0 Å². The lowest BCUT2D eigenvalue weighted by Gasteiger charge is -2.32. The number of piperidine rings is 1. The van der Waals surface area contributed by atoms with Crippen molar-refractivity contribution in [2.45, 2.75) is 18.9 Å². The van der Waals surface area contributed by atoms with Crippen LogP contribution in [0.5, 0.6) is 11.6 Å². The molecule has 1 aliphatic heterocycles. The van der Waals surface area contributed by atoms with E-state index in [2.05, 4.69) is 22.1 Å². The lowest BCUT2D eigenvalue weighted by Crippen LogP contribution is -2.40. The summed E-state index contributed by atoms with van der Waals surface area (Å²) in [5.41, 5.74) is 10.7. The summed E-state index contributed by atoms with van der Waals surface area (Å²) in [6.07, 6.45) is 5.17. The van der Waals surface area contributed by atoms with Gasteiger partial charge >= 0.3 is 0 Å². The van der Waals surface area contributed by atoms with Crippen LogP contribution >= 0.6 is 0 Å². The lowest BCUT2D eigenvalue weighted by molar-refractivity contribution is -0.127. The summed E-state index contributed by atoms with van der Waals surface area (Å²) in [7, 11) is 1.62. The second kappa shape index (κ2) is 10.6. The summed E-state index contributed by atoms with van der Waals surface area (Å²) in [5, 5.41) is 8.85. The molecule has 0 aliphatic carbocycles. The number of nitrogens with one attached hydrogen (secondary N) is 1. The number of aromatic nitrogens is 3. The van der Waals surface area contributed by atoms with E-state index in [9.17, 15) is 9.59 Å². The van der Waals surface area contributed by atoms with Crippen LogP contribution in [0.4, 0.5) is 0 Å². The highest BCUT2D eigenvalue weighted by Crippen LogP contribution is 2.31. The number of nitrogens with two attached hydrogens (primary N) is 1. The summed E-state index contributed by atoms with van der Waals surface area (Å²) in [5.74, 6) is 1.06. The van der Waals surface area contributed by atoms with Gasteiger partial charge in [0.25, 0.3) is 0 Å². The molecular formula is C25H27N7O3. The third-order valence-electron chi connectivity index (χ3n) is 5.75. The summed E-state index contributed by atoms with van der Waals surface area (Å²) < 4.78 is 7.42. The molecule has 10 nitrogen and oxygen atoms in total. The number of ether oxygens (including phenoxy) is 1. The number of carbonyl (C=O) groups is 2. The van der Waals surface area contributed by atoms with Crippen LogP contribution in [0.2, 0.25) is 0 Å². The Labute approximate surface area is 203 Å². The molecule has 3 N–H and O–H groups in total. The molecule has 10 heteroatoms. The number of hydrazone groups is 1. The van der Waals surface area contributed by atoms with E-state index >= 15 is 0 Å². The molecule has 1 aromatic carbocycles. The molecule has 1 saturated heterocycles. The maximum absolute atomic E-state index is 12.2. The predicted molar refractivity (Wildman–Crippen MR) is 132 cm³/mol. The number of para-hydroxylation sites is 1. The van der Waals surface area contributed by atoms with Crippen LogP contribution in [-0.2, 0) is 4.79 Å². The predicted octanol–water partition coefficient (Wildman–Crippen LogP) is 2.74. The molecule has 0 radical (unpaired) electrons. The molecule has 1 atom stereocenters. The molecule has 2 aromatic heterocycles. The number of amidine groups is 1. The highest BCUT2D eigenvalue weighted by Gasteiger charge is 2.30. The van der Waals surface area contributed by atoms with Gasteiger partial charge in [0.15, 0.2) is 12.1 Å². The van der Waals surface area contributed by atoms with Gasteiger partial charge in [-0.05, 0) is 37.1 Å². The molecule has 0 bridgehead atoms. The van der Waals surface area contributed by atoms with Gasteiger partial charge in [0.1, 0.15) is 17.1 Å². The van der Waals surface area contributed by atoms with E-state index in [1.54, 1.807) is 35.0 Å². The number of rotatable bonds is 8. The average Bonchev–Trinajstić information content (AvgIpc) is 3.29. The first-order valence-electron chi connectivity index (χ1n) is 11.2. The van der Waals surface area contributed by atoms with Gasteiger partial charge in [0.05, 0.1) is 11.6 Å². The molecule has 0 spiro atoms. The Morgan fingerprint density at radius 1 is 1.29 bits per heavy atom. The number of hydrogen-bond acceptors (Lipinski definition) is 7. The number of amides is 1. The van der Waals surface area contributed by atoms with E-state index < -0.39 is 0 Å². The van der Waals surface area contributed by atoms with Crippen molar-refractivity contribution in [1.29, 1.82) is 0 Å². The van der Waals surface area contributed by atoms with E-state index in [1.165, 1.54) is 6.08 Å². The lowest BCUT2D eigenvalue weighted by atomic mass is 10.0. The van der Waals surface area contributed by atoms with Gasteiger partial charge < -0.3 is 20.8 Å². The molecule has 35 heavy (non-hydrogen) atoms. The van der Waals surface area contributed by atoms with Crippen molar-refractivity contribution in [2.75, 3.05) is 20.1 Å². The zero-order valence-corrected chi connectivity index (χ0v) is 19.4. The summed E-state index contributed by atoms with van der Waals surface area (Å²) in [6.45, 7) is 4.62. The largest absolute Gasteiger partial charge is 0.439 e. The highest BCUT2D eigenvalue weighted by molar-refractivity contribution is 6.07. The third kappa shape index (κ3) is 5.06. The van der Waals surface area contributed by atoms with Gasteiger partial charge in [-0.25, -0.2) is 4.98 Å².